The van der Waals surface area contributed by atoms with E-state index in [1.54, 1.807) is 7.11 Å². The number of anilines is 1. The predicted octanol–water partition coefficient (Wildman–Crippen LogP) is 4.67. The van der Waals surface area contributed by atoms with E-state index in [0.29, 0.717) is 17.9 Å². The average molecular weight is 383 g/mol. The predicted molar refractivity (Wildman–Crippen MR) is 111 cm³/mol. The maximum Gasteiger partial charge on any atom is 0.313 e. The fourth-order valence-corrected chi connectivity index (χ4v) is 2.92. The zero-order valence-corrected chi connectivity index (χ0v) is 17.2. The molecular formula is C23H29NO4. The van der Waals surface area contributed by atoms with Gasteiger partial charge in [-0.3, -0.25) is 9.59 Å². The molecule has 0 radical (unpaired) electrons. The Morgan fingerprint density at radius 3 is 2.32 bits per heavy atom. The van der Waals surface area contributed by atoms with Crippen LogP contribution in [0.15, 0.2) is 48.5 Å². The molecule has 0 unspecified atom stereocenters. The Labute approximate surface area is 167 Å². The number of amides is 1. The molecule has 0 spiro atoms. The summed E-state index contributed by atoms with van der Waals surface area (Å²) < 4.78 is 10.6. The molecule has 2 aromatic carbocycles. The number of hydrogen-bond acceptors (Lipinski definition) is 4. The fraction of sp³-hybridized carbons (Fsp3) is 0.391. The van der Waals surface area contributed by atoms with E-state index in [0.717, 1.165) is 11.1 Å². The van der Waals surface area contributed by atoms with E-state index < -0.39 is 11.9 Å². The summed E-state index contributed by atoms with van der Waals surface area (Å²) in [5.41, 5.74) is 2.44. The molecule has 0 fully saturated rings. The molecule has 150 valence electrons. The van der Waals surface area contributed by atoms with E-state index >= 15 is 0 Å². The van der Waals surface area contributed by atoms with Crippen LogP contribution >= 0.6 is 0 Å². The van der Waals surface area contributed by atoms with E-state index in [4.69, 9.17) is 9.47 Å². The van der Waals surface area contributed by atoms with E-state index in [1.165, 1.54) is 0 Å². The third-order valence-corrected chi connectivity index (χ3v) is 4.58. The van der Waals surface area contributed by atoms with Gasteiger partial charge >= 0.3 is 5.97 Å². The minimum Gasteiger partial charge on any atom is -0.495 e. The van der Waals surface area contributed by atoms with Gasteiger partial charge in [-0.25, -0.2) is 0 Å². The first-order chi connectivity index (χ1) is 13.3. The van der Waals surface area contributed by atoms with Gasteiger partial charge in [0.25, 0.3) is 5.91 Å². The van der Waals surface area contributed by atoms with Crippen molar-refractivity contribution in [2.75, 3.05) is 19.0 Å². The summed E-state index contributed by atoms with van der Waals surface area (Å²) in [5.74, 6) is -0.629. The van der Waals surface area contributed by atoms with Crippen LogP contribution in [0.1, 0.15) is 51.2 Å². The van der Waals surface area contributed by atoms with Gasteiger partial charge in [-0.2, -0.15) is 0 Å². The maximum absolute atomic E-state index is 12.4. The molecule has 1 amide bonds. The largest absolute Gasteiger partial charge is 0.495 e. The summed E-state index contributed by atoms with van der Waals surface area (Å²) in [6.07, 6.45) is 0.603. The minimum atomic E-state index is -0.403. The van der Waals surface area contributed by atoms with Crippen molar-refractivity contribution in [3.8, 4) is 5.75 Å². The number of ether oxygens (including phenoxy) is 2. The quantitative estimate of drug-likeness (QED) is 0.706. The second-order valence-corrected chi connectivity index (χ2v) is 7.69. The zero-order valence-electron chi connectivity index (χ0n) is 17.2. The molecule has 28 heavy (non-hydrogen) atoms. The number of rotatable bonds is 7. The lowest BCUT2D eigenvalue weighted by Gasteiger charge is -2.21. The monoisotopic (exact) mass is 383 g/mol. The molecule has 0 saturated carbocycles. The molecule has 1 N–H and O–H groups in total. The molecule has 5 nitrogen and oxygen atoms in total. The first-order valence-corrected chi connectivity index (χ1v) is 9.46. The number of esters is 1. The highest BCUT2D eigenvalue weighted by molar-refractivity contribution is 5.94. The zero-order chi connectivity index (χ0) is 20.7. The van der Waals surface area contributed by atoms with Crippen molar-refractivity contribution in [1.29, 1.82) is 0 Å². The van der Waals surface area contributed by atoms with E-state index in [1.807, 2.05) is 55.5 Å². The van der Waals surface area contributed by atoms with Gasteiger partial charge in [-0.1, -0.05) is 64.1 Å². The molecule has 2 rings (SSSR count). The van der Waals surface area contributed by atoms with Crippen LogP contribution < -0.4 is 10.1 Å². The fourth-order valence-electron chi connectivity index (χ4n) is 2.92. The van der Waals surface area contributed by atoms with E-state index in [2.05, 4.69) is 26.1 Å². The molecule has 5 heteroatoms. The van der Waals surface area contributed by atoms with Gasteiger partial charge in [0.2, 0.25) is 0 Å². The molecular weight excluding hydrogens is 354 g/mol. The maximum atomic E-state index is 12.4. The number of methoxy groups -OCH3 is 1. The highest BCUT2D eigenvalue weighted by atomic mass is 16.5. The summed E-state index contributed by atoms with van der Waals surface area (Å²) in [4.78, 5) is 24.8. The van der Waals surface area contributed by atoms with Crippen molar-refractivity contribution in [3.05, 3.63) is 59.7 Å². The van der Waals surface area contributed by atoms with Crippen molar-refractivity contribution in [2.45, 2.75) is 45.4 Å². The van der Waals surface area contributed by atoms with Crippen LogP contribution in [0.25, 0.3) is 0 Å². The molecule has 0 aliphatic carbocycles. The number of hydrogen-bond donors (Lipinski definition) is 1. The lowest BCUT2D eigenvalue weighted by Crippen LogP contribution is -2.24. The van der Waals surface area contributed by atoms with E-state index in [9.17, 15) is 9.59 Å². The highest BCUT2D eigenvalue weighted by Crippen LogP contribution is 2.31. The van der Waals surface area contributed by atoms with Crippen LogP contribution in [-0.4, -0.2) is 25.6 Å². The van der Waals surface area contributed by atoms with Gasteiger partial charge in [0.15, 0.2) is 6.61 Å². The first kappa shape index (κ1) is 21.5. The van der Waals surface area contributed by atoms with Crippen LogP contribution in [0, 0.1) is 0 Å². The number of carbonyl (C=O) groups excluding carboxylic acids is 2. The Kier molecular flexibility index (Phi) is 7.21. The van der Waals surface area contributed by atoms with Crippen molar-refractivity contribution >= 4 is 17.6 Å². The van der Waals surface area contributed by atoms with Crippen molar-refractivity contribution in [3.63, 3.8) is 0 Å². The highest BCUT2D eigenvalue weighted by Gasteiger charge is 2.22. The molecule has 0 aliphatic heterocycles. The number of benzene rings is 2. The first-order valence-electron chi connectivity index (χ1n) is 9.46. The third kappa shape index (κ3) is 5.59. The molecule has 0 aliphatic rings. The van der Waals surface area contributed by atoms with Gasteiger partial charge in [0, 0.05) is 0 Å². The smallest absolute Gasteiger partial charge is 0.313 e. The van der Waals surface area contributed by atoms with Gasteiger partial charge in [-0.05, 0) is 35.1 Å². The summed E-state index contributed by atoms with van der Waals surface area (Å²) in [6, 6.07) is 15.1. The van der Waals surface area contributed by atoms with Gasteiger partial charge < -0.3 is 14.8 Å². The number of carbonyl (C=O) groups is 2. The minimum absolute atomic E-state index is 0.0672. The lowest BCUT2D eigenvalue weighted by atomic mass is 9.87. The third-order valence-electron chi connectivity index (χ3n) is 4.58. The Morgan fingerprint density at radius 2 is 1.75 bits per heavy atom. The summed E-state index contributed by atoms with van der Waals surface area (Å²) in [7, 11) is 1.55. The van der Waals surface area contributed by atoms with Crippen LogP contribution in [0.3, 0.4) is 0 Å². The topological polar surface area (TPSA) is 64.6 Å². The Morgan fingerprint density at radius 1 is 1.07 bits per heavy atom. The molecule has 0 aromatic heterocycles. The Hall–Kier alpha value is -2.82. The molecule has 0 saturated heterocycles. The summed E-state index contributed by atoms with van der Waals surface area (Å²) >= 11 is 0. The second-order valence-electron chi connectivity index (χ2n) is 7.69. The van der Waals surface area contributed by atoms with Gasteiger partial charge in [0.05, 0.1) is 18.7 Å². The molecule has 0 bridgehead atoms. The van der Waals surface area contributed by atoms with E-state index in [-0.39, 0.29) is 17.9 Å². The standard InChI is InChI=1S/C23H29NO4/c1-6-18(16-10-8-7-9-11-16)22(26)28-15-21(25)24-19-14-17(23(2,3)4)12-13-20(19)27-5/h7-14,18H,6,15H2,1-5H3,(H,24,25)/t18-/m0/s1. The average Bonchev–Trinajstić information content (AvgIpc) is 2.67. The summed E-state index contributed by atoms with van der Waals surface area (Å²) in [6.45, 7) is 7.86. The van der Waals surface area contributed by atoms with Gasteiger partial charge in [0.1, 0.15) is 5.75 Å². The van der Waals surface area contributed by atoms with Crippen molar-refractivity contribution in [2.24, 2.45) is 0 Å². The van der Waals surface area contributed by atoms with Crippen molar-refractivity contribution in [1.82, 2.24) is 0 Å². The Balaban J connectivity index is 2.03. The second kappa shape index (κ2) is 9.40. The normalized spacial score (nSPS) is 12.2. The summed E-state index contributed by atoms with van der Waals surface area (Å²) in [5, 5.41) is 2.78. The molecule has 0 heterocycles. The molecule has 1 atom stereocenters. The van der Waals surface area contributed by atoms with Crippen molar-refractivity contribution < 1.29 is 19.1 Å². The lowest BCUT2D eigenvalue weighted by molar-refractivity contribution is -0.149. The van der Waals surface area contributed by atoms with Crippen LogP contribution in [-0.2, 0) is 19.7 Å². The van der Waals surface area contributed by atoms with Gasteiger partial charge in [-0.15, -0.1) is 0 Å². The number of nitrogens with one attached hydrogen (secondary N) is 1. The van der Waals surface area contributed by atoms with Crippen LogP contribution in [0.5, 0.6) is 5.75 Å². The molecule has 2 aromatic rings. The van der Waals surface area contributed by atoms with Crippen LogP contribution in [0.4, 0.5) is 5.69 Å². The Bertz CT molecular complexity index is 809. The van der Waals surface area contributed by atoms with Crippen LogP contribution in [0.2, 0.25) is 0 Å². The SMILES string of the molecule is CC[C@H](C(=O)OCC(=O)Nc1cc(C(C)(C)C)ccc1OC)c1ccccc1.